The molecule has 1 unspecified atom stereocenters. The summed E-state index contributed by atoms with van der Waals surface area (Å²) in [6.45, 7) is 4.25. The van der Waals surface area contributed by atoms with Crippen molar-refractivity contribution in [3.8, 4) is 0 Å². The highest BCUT2D eigenvalue weighted by molar-refractivity contribution is 5.97. The van der Waals surface area contributed by atoms with Crippen LogP contribution in [0.25, 0.3) is 0 Å². The lowest BCUT2D eigenvalue weighted by Crippen LogP contribution is -2.44. The zero-order valence-corrected chi connectivity index (χ0v) is 14.7. The Morgan fingerprint density at radius 2 is 1.88 bits per heavy atom. The van der Waals surface area contributed by atoms with Crippen molar-refractivity contribution in [1.29, 1.82) is 0 Å². The van der Waals surface area contributed by atoms with E-state index in [1.54, 1.807) is 0 Å². The molecular formula is C20H27N3O2. The summed E-state index contributed by atoms with van der Waals surface area (Å²) in [4.78, 5) is 29.3. The van der Waals surface area contributed by atoms with Crippen LogP contribution in [-0.2, 0) is 16.0 Å². The number of nitrogens with zero attached hydrogens (tertiary/aromatic N) is 2. The first-order valence-corrected chi connectivity index (χ1v) is 9.60. The van der Waals surface area contributed by atoms with E-state index in [-0.39, 0.29) is 17.7 Å². The minimum atomic E-state index is 0.0587. The lowest BCUT2D eigenvalue weighted by molar-refractivity contribution is -0.135. The van der Waals surface area contributed by atoms with E-state index in [2.05, 4.69) is 17.4 Å². The number of benzene rings is 1. The number of piperidine rings is 1. The maximum atomic E-state index is 12.9. The van der Waals surface area contributed by atoms with Gasteiger partial charge >= 0.3 is 0 Å². The largest absolute Gasteiger partial charge is 0.343 e. The third-order valence-corrected chi connectivity index (χ3v) is 5.98. The summed E-state index contributed by atoms with van der Waals surface area (Å²) in [6.07, 6.45) is 4.31. The van der Waals surface area contributed by atoms with Crippen molar-refractivity contribution in [3.05, 3.63) is 29.8 Å². The zero-order chi connectivity index (χ0) is 17.2. The SMILES string of the molecule is O=C(CC1CCNC1)N1CCC(C(=O)N2CCc3ccccc32)CC1. The first-order valence-electron chi connectivity index (χ1n) is 9.60. The van der Waals surface area contributed by atoms with Gasteiger partial charge in [0.2, 0.25) is 11.8 Å². The molecule has 5 heteroatoms. The molecule has 3 aliphatic heterocycles. The normalized spacial score (nSPS) is 23.8. The van der Waals surface area contributed by atoms with Crippen molar-refractivity contribution in [1.82, 2.24) is 10.2 Å². The van der Waals surface area contributed by atoms with Crippen molar-refractivity contribution in [2.24, 2.45) is 11.8 Å². The third-order valence-electron chi connectivity index (χ3n) is 5.98. The van der Waals surface area contributed by atoms with E-state index in [1.165, 1.54) is 5.56 Å². The molecule has 0 aromatic heterocycles. The number of carbonyl (C=O) groups excluding carboxylic acids is 2. The summed E-state index contributed by atoms with van der Waals surface area (Å²) in [7, 11) is 0. The van der Waals surface area contributed by atoms with Gasteiger partial charge in [-0.2, -0.15) is 0 Å². The molecule has 2 fully saturated rings. The van der Waals surface area contributed by atoms with Crippen molar-refractivity contribution >= 4 is 17.5 Å². The summed E-state index contributed by atoms with van der Waals surface area (Å²) in [5, 5.41) is 3.32. The fourth-order valence-electron chi connectivity index (χ4n) is 4.43. The second kappa shape index (κ2) is 7.16. The van der Waals surface area contributed by atoms with Crippen LogP contribution in [0, 0.1) is 11.8 Å². The number of hydrogen-bond acceptors (Lipinski definition) is 3. The van der Waals surface area contributed by atoms with Gasteiger partial charge in [0.15, 0.2) is 0 Å². The molecule has 0 bridgehead atoms. The van der Waals surface area contributed by atoms with E-state index in [9.17, 15) is 9.59 Å². The Balaban J connectivity index is 1.31. The molecule has 1 aromatic rings. The van der Waals surface area contributed by atoms with E-state index in [4.69, 9.17) is 0 Å². The Kier molecular flexibility index (Phi) is 4.75. The number of anilines is 1. The smallest absolute Gasteiger partial charge is 0.230 e. The van der Waals surface area contributed by atoms with Crippen LogP contribution in [0.2, 0.25) is 0 Å². The highest BCUT2D eigenvalue weighted by atomic mass is 16.2. The van der Waals surface area contributed by atoms with Crippen LogP contribution in [0.4, 0.5) is 5.69 Å². The molecule has 0 saturated carbocycles. The Morgan fingerprint density at radius 3 is 2.64 bits per heavy atom. The maximum absolute atomic E-state index is 12.9. The van der Waals surface area contributed by atoms with Gasteiger partial charge in [0, 0.05) is 37.7 Å². The molecule has 1 atom stereocenters. The first kappa shape index (κ1) is 16.6. The highest BCUT2D eigenvalue weighted by Crippen LogP contribution is 2.31. The van der Waals surface area contributed by atoms with Crippen LogP contribution >= 0.6 is 0 Å². The van der Waals surface area contributed by atoms with E-state index < -0.39 is 0 Å². The molecule has 1 N–H and O–H groups in total. The molecule has 134 valence electrons. The summed E-state index contributed by atoms with van der Waals surface area (Å²) < 4.78 is 0. The van der Waals surface area contributed by atoms with Crippen LogP contribution in [0.5, 0.6) is 0 Å². The topological polar surface area (TPSA) is 52.7 Å². The Bertz CT molecular complexity index is 646. The summed E-state index contributed by atoms with van der Waals surface area (Å²) in [5.74, 6) is 1.07. The summed E-state index contributed by atoms with van der Waals surface area (Å²) in [6, 6.07) is 8.21. The van der Waals surface area contributed by atoms with Crippen LogP contribution in [-0.4, -0.2) is 49.4 Å². The van der Waals surface area contributed by atoms with Crippen molar-refractivity contribution in [3.63, 3.8) is 0 Å². The fourth-order valence-corrected chi connectivity index (χ4v) is 4.43. The van der Waals surface area contributed by atoms with E-state index >= 15 is 0 Å². The molecule has 25 heavy (non-hydrogen) atoms. The van der Waals surface area contributed by atoms with Crippen molar-refractivity contribution < 1.29 is 9.59 Å². The molecule has 2 amide bonds. The lowest BCUT2D eigenvalue weighted by Gasteiger charge is -2.33. The summed E-state index contributed by atoms with van der Waals surface area (Å²) >= 11 is 0. The molecule has 0 aliphatic carbocycles. The van der Waals surface area contributed by atoms with Crippen LogP contribution in [0.15, 0.2) is 24.3 Å². The van der Waals surface area contributed by atoms with Gasteiger partial charge in [-0.05, 0) is 56.3 Å². The maximum Gasteiger partial charge on any atom is 0.230 e. The van der Waals surface area contributed by atoms with Crippen LogP contribution < -0.4 is 10.2 Å². The molecular weight excluding hydrogens is 314 g/mol. The first-order chi connectivity index (χ1) is 12.2. The predicted molar refractivity (Wildman–Crippen MR) is 97.4 cm³/mol. The number of carbonyl (C=O) groups is 2. The van der Waals surface area contributed by atoms with E-state index in [0.717, 1.165) is 64.1 Å². The van der Waals surface area contributed by atoms with Gasteiger partial charge in [-0.15, -0.1) is 0 Å². The Labute approximate surface area is 149 Å². The number of amides is 2. The van der Waals surface area contributed by atoms with Gasteiger partial charge in [-0.1, -0.05) is 18.2 Å². The van der Waals surface area contributed by atoms with Crippen molar-refractivity contribution in [2.75, 3.05) is 37.6 Å². The standard InChI is InChI=1S/C20H27N3O2/c24-19(13-15-5-9-21-14-15)22-10-6-17(7-11-22)20(25)23-12-8-16-3-1-2-4-18(16)23/h1-4,15,17,21H,5-14H2. The second-order valence-electron chi connectivity index (χ2n) is 7.59. The van der Waals surface area contributed by atoms with Crippen molar-refractivity contribution in [2.45, 2.75) is 32.1 Å². The van der Waals surface area contributed by atoms with E-state index in [0.29, 0.717) is 12.3 Å². The van der Waals surface area contributed by atoms with Crippen LogP contribution in [0.1, 0.15) is 31.2 Å². The summed E-state index contributed by atoms with van der Waals surface area (Å²) in [5.41, 5.74) is 2.35. The molecule has 3 aliphatic rings. The minimum absolute atomic E-state index is 0.0587. The van der Waals surface area contributed by atoms with Gasteiger partial charge in [0.25, 0.3) is 0 Å². The highest BCUT2D eigenvalue weighted by Gasteiger charge is 2.33. The number of likely N-dealkylation sites (tertiary alicyclic amines) is 1. The molecule has 1 aromatic carbocycles. The number of nitrogens with one attached hydrogen (secondary N) is 1. The molecule has 3 heterocycles. The molecule has 0 radical (unpaired) electrons. The molecule has 2 saturated heterocycles. The van der Waals surface area contributed by atoms with Gasteiger partial charge in [0.05, 0.1) is 0 Å². The molecule has 4 rings (SSSR count). The average Bonchev–Trinajstić information content (AvgIpc) is 3.31. The van der Waals surface area contributed by atoms with E-state index in [1.807, 2.05) is 21.9 Å². The number of rotatable bonds is 3. The Hall–Kier alpha value is -1.88. The quantitative estimate of drug-likeness (QED) is 0.912. The minimum Gasteiger partial charge on any atom is -0.343 e. The monoisotopic (exact) mass is 341 g/mol. The van der Waals surface area contributed by atoms with Crippen LogP contribution in [0.3, 0.4) is 0 Å². The number of fused-ring (bicyclic) bond motifs is 1. The number of hydrogen-bond donors (Lipinski definition) is 1. The van der Waals surface area contributed by atoms with Gasteiger partial charge in [0.1, 0.15) is 0 Å². The molecule has 0 spiro atoms. The number of para-hydroxylation sites is 1. The Morgan fingerprint density at radius 1 is 1.08 bits per heavy atom. The third kappa shape index (κ3) is 3.43. The van der Waals surface area contributed by atoms with Gasteiger partial charge in [-0.25, -0.2) is 0 Å². The average molecular weight is 341 g/mol. The van der Waals surface area contributed by atoms with Gasteiger partial charge < -0.3 is 15.1 Å². The fraction of sp³-hybridized carbons (Fsp3) is 0.600. The van der Waals surface area contributed by atoms with Gasteiger partial charge in [-0.3, -0.25) is 9.59 Å². The molecule has 5 nitrogen and oxygen atoms in total. The predicted octanol–water partition coefficient (Wildman–Crippen LogP) is 1.81. The lowest BCUT2D eigenvalue weighted by atomic mass is 9.94. The zero-order valence-electron chi connectivity index (χ0n) is 14.7. The second-order valence-corrected chi connectivity index (χ2v) is 7.59.